The van der Waals surface area contributed by atoms with Gasteiger partial charge in [-0.3, -0.25) is 8.47 Å². The van der Waals surface area contributed by atoms with Crippen LogP contribution in [0.4, 0.5) is 11.6 Å². The van der Waals surface area contributed by atoms with Crippen molar-refractivity contribution >= 4 is 26.4 Å². The van der Waals surface area contributed by atoms with Crippen LogP contribution < -0.4 is 22.0 Å². The summed E-state index contributed by atoms with van der Waals surface area (Å²) in [6, 6.07) is 10.4. The molecule has 27 heavy (non-hydrogen) atoms. The number of nitrogens with one attached hydrogen (secondary N) is 1. The topological polar surface area (TPSA) is 128 Å². The molecule has 132 valence electrons. The van der Waals surface area contributed by atoms with E-state index < -0.39 is 15.0 Å². The van der Waals surface area contributed by atoms with E-state index in [-0.39, 0.29) is 0 Å². The van der Waals surface area contributed by atoms with Crippen molar-refractivity contribution in [2.45, 2.75) is 6.17 Å². The number of rotatable bonds is 0. The first kappa shape index (κ1) is 14.7. The van der Waals surface area contributed by atoms with E-state index in [1.165, 1.54) is 8.47 Å². The van der Waals surface area contributed by atoms with Crippen molar-refractivity contribution in [3.63, 3.8) is 0 Å². The summed E-state index contributed by atoms with van der Waals surface area (Å²) in [6.45, 7) is 0. The molecule has 3 aliphatic rings. The number of fused-ring (bicyclic) bond motifs is 3. The molecular weight excluding hydrogens is 364 g/mol. The molecule has 3 aromatic heterocycles. The molecular formula is C16H12N8O2Si. The SMILES string of the molecule is O[Si]1(O)n2c3ccc2=Nc2ccc([nH]2)N=c2ccc(n21)=NC1C=CC(=N1)N=3. The molecule has 0 aliphatic carbocycles. The van der Waals surface area contributed by atoms with E-state index in [4.69, 9.17) is 0 Å². The van der Waals surface area contributed by atoms with E-state index >= 15 is 0 Å². The Morgan fingerprint density at radius 3 is 2.07 bits per heavy atom. The summed E-state index contributed by atoms with van der Waals surface area (Å²) in [4.78, 5) is 48.3. The van der Waals surface area contributed by atoms with Crippen LogP contribution in [-0.4, -0.2) is 43.9 Å². The van der Waals surface area contributed by atoms with E-state index in [1.807, 2.05) is 6.08 Å². The summed E-state index contributed by atoms with van der Waals surface area (Å²) in [5.74, 6) is 1.58. The molecule has 3 aliphatic heterocycles. The molecule has 11 heteroatoms. The summed E-state index contributed by atoms with van der Waals surface area (Å²) in [5.41, 5.74) is 1.48. The maximum absolute atomic E-state index is 11.4. The van der Waals surface area contributed by atoms with Crippen LogP contribution in [0.5, 0.6) is 0 Å². The van der Waals surface area contributed by atoms with Crippen LogP contribution in [0.25, 0.3) is 0 Å². The Kier molecular flexibility index (Phi) is 2.64. The summed E-state index contributed by atoms with van der Waals surface area (Å²) in [5, 5.41) is 0. The maximum Gasteiger partial charge on any atom is 0.597 e. The van der Waals surface area contributed by atoms with Gasteiger partial charge in [-0.1, -0.05) is 0 Å². The lowest BCUT2D eigenvalue weighted by Gasteiger charge is -2.21. The van der Waals surface area contributed by atoms with E-state index in [9.17, 15) is 9.59 Å². The molecule has 0 saturated carbocycles. The third kappa shape index (κ3) is 2.03. The standard InChI is InChI=1S/C16H12N8O2Si/c25-27(26)23-13-5-6-15(23)21-11-3-4-12(18-11)22-16-8-7-14(24(16)27)20-10-2-1-9(17-10)19-13/h1-9,18,25-26H. The second kappa shape index (κ2) is 4.85. The minimum Gasteiger partial charge on any atom is -0.377 e. The first-order chi connectivity index (χ1) is 13.1. The van der Waals surface area contributed by atoms with Crippen molar-refractivity contribution in [1.29, 1.82) is 0 Å². The highest BCUT2D eigenvalue weighted by Crippen LogP contribution is 2.17. The average molecular weight is 376 g/mol. The first-order valence-corrected chi connectivity index (χ1v) is 10.1. The number of aromatic nitrogens is 3. The molecule has 1 unspecified atom stereocenters. The van der Waals surface area contributed by atoms with Gasteiger partial charge in [0.1, 0.15) is 33.6 Å². The number of hydrogen-bond acceptors (Lipinski definition) is 7. The average Bonchev–Trinajstić information content (AvgIpc) is 3.38. The van der Waals surface area contributed by atoms with Gasteiger partial charge in [0, 0.05) is 0 Å². The Morgan fingerprint density at radius 1 is 0.778 bits per heavy atom. The fraction of sp³-hybridized carbons (Fsp3) is 0.0625. The second-order valence-corrected chi connectivity index (χ2v) is 8.42. The minimum atomic E-state index is -4.35. The molecule has 0 radical (unpaired) electrons. The number of hydrogen-bond donors (Lipinski definition) is 3. The van der Waals surface area contributed by atoms with Crippen LogP contribution in [0.15, 0.2) is 73.5 Å². The van der Waals surface area contributed by atoms with Gasteiger partial charge in [0.05, 0.1) is 0 Å². The Bertz CT molecular complexity index is 1420. The number of H-pyrrole nitrogens is 1. The normalized spacial score (nSPS) is 20.7. The Labute approximate surface area is 151 Å². The monoisotopic (exact) mass is 376 g/mol. The van der Waals surface area contributed by atoms with Gasteiger partial charge in [0.25, 0.3) is 0 Å². The van der Waals surface area contributed by atoms with Crippen LogP contribution in [-0.2, 0) is 0 Å². The smallest absolute Gasteiger partial charge is 0.377 e. The lowest BCUT2D eigenvalue weighted by atomic mass is 10.5. The van der Waals surface area contributed by atoms with Crippen molar-refractivity contribution in [3.8, 4) is 0 Å². The lowest BCUT2D eigenvalue weighted by molar-refractivity contribution is 0.316. The fourth-order valence-electron chi connectivity index (χ4n) is 3.44. The van der Waals surface area contributed by atoms with E-state index in [0.717, 1.165) is 0 Å². The molecule has 0 saturated heterocycles. The van der Waals surface area contributed by atoms with E-state index in [0.29, 0.717) is 39.4 Å². The van der Waals surface area contributed by atoms with Gasteiger partial charge < -0.3 is 14.6 Å². The van der Waals surface area contributed by atoms with Crippen LogP contribution in [0.3, 0.4) is 0 Å². The zero-order valence-corrected chi connectivity index (χ0v) is 14.7. The summed E-state index contributed by atoms with van der Waals surface area (Å²) in [7, 11) is -4.35. The predicted octanol–water partition coefficient (Wildman–Crippen LogP) is -1.80. The maximum atomic E-state index is 11.4. The second-order valence-electron chi connectivity index (χ2n) is 6.32. The Hall–Kier alpha value is -3.41. The molecule has 0 amide bonds. The highest BCUT2D eigenvalue weighted by Gasteiger charge is 2.42. The molecule has 1 atom stereocenters. The molecule has 0 fully saturated rings. The Morgan fingerprint density at radius 2 is 1.37 bits per heavy atom. The van der Waals surface area contributed by atoms with Crippen molar-refractivity contribution in [1.82, 2.24) is 13.4 Å². The Balaban J connectivity index is 1.91. The lowest BCUT2D eigenvalue weighted by Crippen LogP contribution is -2.65. The van der Waals surface area contributed by atoms with Gasteiger partial charge >= 0.3 is 8.88 Å². The highest BCUT2D eigenvalue weighted by molar-refractivity contribution is 6.61. The highest BCUT2D eigenvalue weighted by atomic mass is 28.4. The largest absolute Gasteiger partial charge is 0.597 e. The van der Waals surface area contributed by atoms with Gasteiger partial charge in [-0.2, -0.15) is 0 Å². The molecule has 3 N–H and O–H groups in total. The number of aromatic amines is 1. The van der Waals surface area contributed by atoms with Crippen molar-refractivity contribution in [2.24, 2.45) is 25.0 Å². The van der Waals surface area contributed by atoms with Crippen molar-refractivity contribution in [3.05, 3.63) is 70.5 Å². The van der Waals surface area contributed by atoms with Gasteiger partial charge in [-0.15, -0.1) is 0 Å². The minimum absolute atomic E-state index is 0.356. The van der Waals surface area contributed by atoms with Crippen molar-refractivity contribution in [2.75, 3.05) is 0 Å². The third-order valence-corrected chi connectivity index (χ3v) is 6.70. The van der Waals surface area contributed by atoms with E-state index in [2.05, 4.69) is 29.9 Å². The molecule has 0 aromatic carbocycles. The van der Waals surface area contributed by atoms with Gasteiger partial charge in [0.2, 0.25) is 0 Å². The molecule has 6 rings (SSSR count). The predicted molar refractivity (Wildman–Crippen MR) is 95.0 cm³/mol. The molecule has 3 aromatic rings. The fourth-order valence-corrected chi connectivity index (χ4v) is 5.38. The zero-order valence-electron chi connectivity index (χ0n) is 13.7. The van der Waals surface area contributed by atoms with Crippen molar-refractivity contribution < 1.29 is 9.59 Å². The first-order valence-electron chi connectivity index (χ1n) is 8.28. The van der Waals surface area contributed by atoms with Gasteiger partial charge in [0.15, 0.2) is 12.0 Å². The van der Waals surface area contributed by atoms with Crippen LogP contribution in [0.2, 0.25) is 0 Å². The zero-order chi connectivity index (χ0) is 18.2. The van der Waals surface area contributed by atoms with Crippen LogP contribution in [0, 0.1) is 0 Å². The summed E-state index contributed by atoms with van der Waals surface area (Å²) >= 11 is 0. The van der Waals surface area contributed by atoms with Gasteiger partial charge in [-0.25, -0.2) is 25.0 Å². The quantitative estimate of drug-likeness (QED) is 0.400. The number of nitrogens with zero attached hydrogens (tertiary/aromatic N) is 7. The van der Waals surface area contributed by atoms with E-state index in [1.54, 1.807) is 42.5 Å². The van der Waals surface area contributed by atoms with Crippen LogP contribution >= 0.6 is 0 Å². The molecule has 10 nitrogen and oxygen atoms in total. The van der Waals surface area contributed by atoms with Gasteiger partial charge in [-0.05, 0) is 48.6 Å². The number of amidine groups is 1. The van der Waals surface area contributed by atoms with Crippen LogP contribution in [0.1, 0.15) is 0 Å². The molecule has 6 heterocycles. The summed E-state index contributed by atoms with van der Waals surface area (Å²) < 4.78 is 2.72. The summed E-state index contributed by atoms with van der Waals surface area (Å²) in [6.07, 6.45) is 3.11. The molecule has 0 spiro atoms. The third-order valence-electron chi connectivity index (χ3n) is 4.58. The molecule has 6 bridgehead atoms. The number of aliphatic imine (C=N–C) groups is 1.